The maximum absolute atomic E-state index is 12.5. The first-order valence-electron chi connectivity index (χ1n) is 8.25. The average Bonchev–Trinajstić information content (AvgIpc) is 3.26. The van der Waals surface area contributed by atoms with Crippen LogP contribution in [0.15, 0.2) is 18.2 Å². The average molecular weight is 383 g/mol. The van der Waals surface area contributed by atoms with Crippen LogP contribution in [0, 0.1) is 0 Å². The maximum Gasteiger partial charge on any atom is 0.342 e. The summed E-state index contributed by atoms with van der Waals surface area (Å²) in [4.78, 5) is 24.7. The Morgan fingerprint density at radius 3 is 2.58 bits per heavy atom. The maximum atomic E-state index is 12.5. The minimum absolute atomic E-state index is 0.0249. The Morgan fingerprint density at radius 1 is 1.15 bits per heavy atom. The van der Waals surface area contributed by atoms with Crippen LogP contribution in [0.3, 0.4) is 0 Å². The molecule has 1 unspecified atom stereocenters. The summed E-state index contributed by atoms with van der Waals surface area (Å²) in [5, 5.41) is 29.7. The standard InChI is InChI=1S/C18H19ClO7/c1-8-4-14-15(26-14)6-10(21)3-2-9(20)5-11-16(18(24)25-8)12(22)7-13(23)17(11)19/h2-3,7-8,10,14-15,21-23H,4-6H2,1H3/b3-2+/t8-,10?,14+,15+/m1/s1. The van der Waals surface area contributed by atoms with Crippen molar-refractivity contribution in [3.63, 3.8) is 0 Å². The summed E-state index contributed by atoms with van der Waals surface area (Å²) in [6.07, 6.45) is 1.32. The monoisotopic (exact) mass is 382 g/mol. The molecule has 1 aromatic carbocycles. The zero-order chi connectivity index (χ0) is 19.0. The van der Waals surface area contributed by atoms with E-state index in [0.717, 1.165) is 6.07 Å². The normalized spacial score (nSPS) is 30.6. The lowest BCUT2D eigenvalue weighted by Gasteiger charge is -2.17. The molecule has 1 fully saturated rings. The Morgan fingerprint density at radius 2 is 1.85 bits per heavy atom. The lowest BCUT2D eigenvalue weighted by Crippen LogP contribution is -2.20. The minimum Gasteiger partial charge on any atom is -0.507 e. The second-order valence-electron chi connectivity index (χ2n) is 6.55. The summed E-state index contributed by atoms with van der Waals surface area (Å²) in [6.45, 7) is 1.68. The summed E-state index contributed by atoms with van der Waals surface area (Å²) in [7, 11) is 0. The number of carbonyl (C=O) groups is 2. The number of ketones is 1. The van der Waals surface area contributed by atoms with Gasteiger partial charge in [0, 0.05) is 30.9 Å². The fourth-order valence-corrected chi connectivity index (χ4v) is 3.27. The van der Waals surface area contributed by atoms with Gasteiger partial charge in [-0.05, 0) is 13.0 Å². The number of carbonyl (C=O) groups excluding carboxylic acids is 2. The zero-order valence-corrected chi connectivity index (χ0v) is 14.8. The highest BCUT2D eigenvalue weighted by atomic mass is 35.5. The molecule has 1 aromatic rings. The number of rotatable bonds is 0. The van der Waals surface area contributed by atoms with E-state index in [4.69, 9.17) is 21.1 Å². The summed E-state index contributed by atoms with van der Waals surface area (Å²) in [5.74, 6) is -2.26. The first kappa shape index (κ1) is 18.7. The highest BCUT2D eigenvalue weighted by molar-refractivity contribution is 6.33. The number of ether oxygens (including phenoxy) is 2. The summed E-state index contributed by atoms with van der Waals surface area (Å²) in [6, 6.07) is 0.931. The fraction of sp³-hybridized carbons (Fsp3) is 0.444. The van der Waals surface area contributed by atoms with Gasteiger partial charge in [-0.3, -0.25) is 4.79 Å². The lowest BCUT2D eigenvalue weighted by molar-refractivity contribution is -0.114. The number of halogens is 1. The van der Waals surface area contributed by atoms with Crippen LogP contribution in [0.2, 0.25) is 5.02 Å². The van der Waals surface area contributed by atoms with Crippen LogP contribution in [-0.2, 0) is 20.7 Å². The van der Waals surface area contributed by atoms with Crippen LogP contribution in [0.4, 0.5) is 0 Å². The van der Waals surface area contributed by atoms with E-state index < -0.39 is 35.5 Å². The molecule has 0 aromatic heterocycles. The third-order valence-electron chi connectivity index (χ3n) is 4.41. The van der Waals surface area contributed by atoms with Gasteiger partial charge in [0.2, 0.25) is 0 Å². The summed E-state index contributed by atoms with van der Waals surface area (Å²) >= 11 is 6.05. The third kappa shape index (κ3) is 4.00. The Bertz CT molecular complexity index is 773. The fourth-order valence-electron chi connectivity index (χ4n) is 3.06. The smallest absolute Gasteiger partial charge is 0.342 e. The minimum atomic E-state index is -0.845. The van der Waals surface area contributed by atoms with Gasteiger partial charge in [0.1, 0.15) is 23.2 Å². The number of allylic oxidation sites excluding steroid dienone is 1. The number of hydrogen-bond acceptors (Lipinski definition) is 7. The third-order valence-corrected chi connectivity index (χ3v) is 4.84. The van der Waals surface area contributed by atoms with E-state index in [0.29, 0.717) is 12.8 Å². The number of benzene rings is 1. The second-order valence-corrected chi connectivity index (χ2v) is 6.93. The van der Waals surface area contributed by atoms with Gasteiger partial charge >= 0.3 is 5.97 Å². The van der Waals surface area contributed by atoms with Gasteiger partial charge < -0.3 is 24.8 Å². The predicted octanol–water partition coefficient (Wildman–Crippen LogP) is 1.89. The molecule has 0 amide bonds. The molecule has 0 saturated carbocycles. The Balaban J connectivity index is 1.99. The molecule has 3 N–H and O–H groups in total. The molecular formula is C18H19ClO7. The number of phenolic OH excluding ortho intramolecular Hbond substituents is 2. The Hall–Kier alpha value is -2.09. The van der Waals surface area contributed by atoms with Crippen LogP contribution in [0.25, 0.3) is 0 Å². The molecule has 4 atom stereocenters. The molecule has 26 heavy (non-hydrogen) atoms. The number of aromatic hydroxyl groups is 2. The number of hydrogen-bond donors (Lipinski definition) is 3. The number of epoxide rings is 1. The van der Waals surface area contributed by atoms with E-state index in [2.05, 4.69) is 0 Å². The molecule has 2 aliphatic rings. The van der Waals surface area contributed by atoms with Gasteiger partial charge in [-0.15, -0.1) is 0 Å². The highest BCUT2D eigenvalue weighted by Crippen LogP contribution is 2.38. The van der Waals surface area contributed by atoms with Gasteiger partial charge in [-0.1, -0.05) is 17.7 Å². The van der Waals surface area contributed by atoms with E-state index >= 15 is 0 Å². The molecule has 3 rings (SSSR count). The van der Waals surface area contributed by atoms with Crippen molar-refractivity contribution >= 4 is 23.4 Å². The molecule has 0 bridgehead atoms. The largest absolute Gasteiger partial charge is 0.507 e. The molecule has 8 heteroatoms. The summed E-state index contributed by atoms with van der Waals surface area (Å²) < 4.78 is 10.8. The van der Waals surface area contributed by atoms with E-state index in [1.54, 1.807) is 6.92 Å². The van der Waals surface area contributed by atoms with Gasteiger partial charge in [0.25, 0.3) is 0 Å². The molecule has 0 aliphatic carbocycles. The Labute approximate surface area is 154 Å². The van der Waals surface area contributed by atoms with Crippen LogP contribution in [0.1, 0.15) is 35.7 Å². The number of esters is 1. The molecule has 7 nitrogen and oxygen atoms in total. The number of phenols is 2. The number of fused-ring (bicyclic) bond motifs is 2. The van der Waals surface area contributed by atoms with E-state index in [1.165, 1.54) is 12.2 Å². The van der Waals surface area contributed by atoms with Crippen LogP contribution in [0.5, 0.6) is 11.5 Å². The first-order valence-corrected chi connectivity index (χ1v) is 8.63. The second kappa shape index (κ2) is 7.26. The van der Waals surface area contributed by atoms with Crippen molar-refractivity contribution in [1.29, 1.82) is 0 Å². The van der Waals surface area contributed by atoms with E-state index in [9.17, 15) is 24.9 Å². The topological polar surface area (TPSA) is 117 Å². The SMILES string of the molecule is C[C@@H]1C[C@@H]2O[C@H]2CC(O)/C=C/C(=O)Cc2c(Cl)c(O)cc(O)c2C(=O)O1. The zero-order valence-electron chi connectivity index (χ0n) is 14.0. The summed E-state index contributed by atoms with van der Waals surface area (Å²) in [5.41, 5.74) is -0.282. The highest BCUT2D eigenvalue weighted by Gasteiger charge is 2.41. The molecule has 1 saturated heterocycles. The molecule has 0 radical (unpaired) electrons. The van der Waals surface area contributed by atoms with Crippen molar-refractivity contribution in [3.05, 3.63) is 34.4 Å². The molecule has 140 valence electrons. The van der Waals surface area contributed by atoms with Gasteiger partial charge in [0.15, 0.2) is 5.78 Å². The molecule has 2 aliphatic heterocycles. The number of cyclic esters (lactones) is 1. The van der Waals surface area contributed by atoms with Crippen LogP contribution < -0.4 is 0 Å². The van der Waals surface area contributed by atoms with Crippen molar-refractivity contribution < 1.29 is 34.4 Å². The van der Waals surface area contributed by atoms with Gasteiger partial charge in [-0.2, -0.15) is 0 Å². The quantitative estimate of drug-likeness (QED) is 0.463. The van der Waals surface area contributed by atoms with Crippen molar-refractivity contribution in [1.82, 2.24) is 0 Å². The van der Waals surface area contributed by atoms with Gasteiger partial charge in [0.05, 0.1) is 23.3 Å². The molecular weight excluding hydrogens is 364 g/mol. The van der Waals surface area contributed by atoms with Crippen LogP contribution in [-0.4, -0.2) is 51.5 Å². The van der Waals surface area contributed by atoms with Crippen LogP contribution >= 0.6 is 11.6 Å². The van der Waals surface area contributed by atoms with Crippen molar-refractivity contribution in [2.75, 3.05) is 0 Å². The first-order chi connectivity index (χ1) is 12.3. The number of aliphatic hydroxyl groups is 1. The van der Waals surface area contributed by atoms with E-state index in [-0.39, 0.29) is 34.8 Å². The van der Waals surface area contributed by atoms with Crippen molar-refractivity contribution in [2.24, 2.45) is 0 Å². The number of aliphatic hydroxyl groups excluding tert-OH is 1. The van der Waals surface area contributed by atoms with E-state index in [1.807, 2.05) is 0 Å². The van der Waals surface area contributed by atoms with Crippen molar-refractivity contribution in [3.8, 4) is 11.5 Å². The molecule has 0 spiro atoms. The molecule has 2 heterocycles. The lowest BCUT2D eigenvalue weighted by atomic mass is 9.99. The predicted molar refractivity (Wildman–Crippen MR) is 91.4 cm³/mol. The van der Waals surface area contributed by atoms with Gasteiger partial charge in [-0.25, -0.2) is 4.79 Å². The van der Waals surface area contributed by atoms with Crippen molar-refractivity contribution in [2.45, 2.75) is 50.6 Å². The Kier molecular flexibility index (Phi) is 5.22.